The molecule has 1 nitrogen and oxygen atoms in total. The zero-order valence-corrected chi connectivity index (χ0v) is 10.4. The summed E-state index contributed by atoms with van der Waals surface area (Å²) in [6, 6.07) is 9.98. The van der Waals surface area contributed by atoms with Crippen LogP contribution in [-0.2, 0) is 6.54 Å². The lowest BCUT2D eigenvalue weighted by Gasteiger charge is -2.10. The molecular formula is C15H15F2N. The molecule has 0 radical (unpaired) electrons. The molecule has 0 unspecified atom stereocenters. The smallest absolute Gasteiger partial charge is 0.128 e. The standard InChI is InChI=1S/C15H15F2N/c1-10-6-7-12(8-14(10)17)9-18-15-5-3-4-13(16)11(15)2/h3-8,18H,9H2,1-2H3. The van der Waals surface area contributed by atoms with Gasteiger partial charge in [0, 0.05) is 17.8 Å². The highest BCUT2D eigenvalue weighted by Crippen LogP contribution is 2.18. The number of hydrogen-bond acceptors (Lipinski definition) is 1. The van der Waals surface area contributed by atoms with E-state index in [0.717, 1.165) is 11.3 Å². The van der Waals surface area contributed by atoms with Crippen LogP contribution in [0.25, 0.3) is 0 Å². The molecule has 0 aliphatic carbocycles. The second-order valence-corrected chi connectivity index (χ2v) is 4.35. The number of anilines is 1. The van der Waals surface area contributed by atoms with Crippen LogP contribution in [0.5, 0.6) is 0 Å². The highest BCUT2D eigenvalue weighted by atomic mass is 19.1. The van der Waals surface area contributed by atoms with Gasteiger partial charge in [0.15, 0.2) is 0 Å². The number of hydrogen-bond donors (Lipinski definition) is 1. The highest BCUT2D eigenvalue weighted by molar-refractivity contribution is 5.51. The fourth-order valence-electron chi connectivity index (χ4n) is 1.74. The lowest BCUT2D eigenvalue weighted by Crippen LogP contribution is -2.02. The Labute approximate surface area is 105 Å². The molecule has 0 atom stereocenters. The maximum atomic E-state index is 13.4. The van der Waals surface area contributed by atoms with Crippen LogP contribution in [0.15, 0.2) is 36.4 Å². The van der Waals surface area contributed by atoms with Gasteiger partial charge in [-0.3, -0.25) is 0 Å². The Hall–Kier alpha value is -1.90. The normalized spacial score (nSPS) is 10.4. The van der Waals surface area contributed by atoms with Gasteiger partial charge in [-0.15, -0.1) is 0 Å². The second-order valence-electron chi connectivity index (χ2n) is 4.35. The first-order valence-corrected chi connectivity index (χ1v) is 5.82. The van der Waals surface area contributed by atoms with Crippen molar-refractivity contribution in [1.29, 1.82) is 0 Å². The third-order valence-corrected chi connectivity index (χ3v) is 2.99. The van der Waals surface area contributed by atoms with E-state index in [2.05, 4.69) is 5.32 Å². The molecule has 94 valence electrons. The fourth-order valence-corrected chi connectivity index (χ4v) is 1.74. The van der Waals surface area contributed by atoms with Gasteiger partial charge >= 0.3 is 0 Å². The number of halogens is 2. The van der Waals surface area contributed by atoms with E-state index in [0.29, 0.717) is 17.7 Å². The molecule has 2 rings (SSSR count). The summed E-state index contributed by atoms with van der Waals surface area (Å²) >= 11 is 0. The lowest BCUT2D eigenvalue weighted by atomic mass is 10.1. The Morgan fingerprint density at radius 3 is 2.50 bits per heavy atom. The van der Waals surface area contributed by atoms with E-state index < -0.39 is 0 Å². The van der Waals surface area contributed by atoms with Crippen molar-refractivity contribution in [3.05, 3.63) is 64.7 Å². The highest BCUT2D eigenvalue weighted by Gasteiger charge is 2.04. The molecule has 0 aliphatic rings. The van der Waals surface area contributed by atoms with Crippen molar-refractivity contribution in [1.82, 2.24) is 0 Å². The first kappa shape index (κ1) is 12.6. The minimum atomic E-state index is -0.241. The Morgan fingerprint density at radius 2 is 1.78 bits per heavy atom. The van der Waals surface area contributed by atoms with E-state index in [4.69, 9.17) is 0 Å². The van der Waals surface area contributed by atoms with Gasteiger partial charge in [-0.2, -0.15) is 0 Å². The third-order valence-electron chi connectivity index (χ3n) is 2.99. The first-order chi connectivity index (χ1) is 8.58. The van der Waals surface area contributed by atoms with Crippen LogP contribution in [0.4, 0.5) is 14.5 Å². The SMILES string of the molecule is Cc1ccc(CNc2cccc(F)c2C)cc1F. The van der Waals surface area contributed by atoms with Crippen molar-refractivity contribution in [2.24, 2.45) is 0 Å². The maximum absolute atomic E-state index is 13.4. The van der Waals surface area contributed by atoms with Crippen molar-refractivity contribution >= 4 is 5.69 Å². The maximum Gasteiger partial charge on any atom is 0.128 e. The minimum absolute atomic E-state index is 0.217. The topological polar surface area (TPSA) is 12.0 Å². The van der Waals surface area contributed by atoms with Crippen LogP contribution >= 0.6 is 0 Å². The largest absolute Gasteiger partial charge is 0.381 e. The van der Waals surface area contributed by atoms with E-state index in [1.165, 1.54) is 12.1 Å². The van der Waals surface area contributed by atoms with Crippen LogP contribution in [0.1, 0.15) is 16.7 Å². The summed E-state index contributed by atoms with van der Waals surface area (Å²) in [5, 5.41) is 3.11. The number of rotatable bonds is 3. The van der Waals surface area contributed by atoms with Gasteiger partial charge in [0.1, 0.15) is 11.6 Å². The van der Waals surface area contributed by atoms with Gasteiger partial charge in [-0.25, -0.2) is 8.78 Å². The summed E-state index contributed by atoms with van der Waals surface area (Å²) < 4.78 is 26.7. The lowest BCUT2D eigenvalue weighted by molar-refractivity contribution is 0.616. The van der Waals surface area contributed by atoms with Gasteiger partial charge in [-0.1, -0.05) is 18.2 Å². The number of aryl methyl sites for hydroxylation is 1. The molecule has 1 N–H and O–H groups in total. The molecule has 0 aliphatic heterocycles. The molecule has 0 saturated carbocycles. The monoisotopic (exact) mass is 247 g/mol. The predicted octanol–water partition coefficient (Wildman–Crippen LogP) is 4.19. The molecule has 0 heterocycles. The molecular weight excluding hydrogens is 232 g/mol. The van der Waals surface area contributed by atoms with Crippen molar-refractivity contribution in [2.75, 3.05) is 5.32 Å². The Morgan fingerprint density at radius 1 is 1.00 bits per heavy atom. The van der Waals surface area contributed by atoms with Crippen molar-refractivity contribution in [3.8, 4) is 0 Å². The molecule has 0 saturated heterocycles. The Balaban J connectivity index is 2.11. The van der Waals surface area contributed by atoms with E-state index in [9.17, 15) is 8.78 Å². The Kier molecular flexibility index (Phi) is 3.60. The third kappa shape index (κ3) is 2.67. The molecule has 0 fully saturated rings. The molecule has 0 aromatic heterocycles. The first-order valence-electron chi connectivity index (χ1n) is 5.82. The van der Waals surface area contributed by atoms with Crippen LogP contribution in [0, 0.1) is 25.5 Å². The summed E-state index contributed by atoms with van der Waals surface area (Å²) in [4.78, 5) is 0. The van der Waals surface area contributed by atoms with Crippen molar-refractivity contribution in [2.45, 2.75) is 20.4 Å². The van der Waals surface area contributed by atoms with Crippen LogP contribution in [-0.4, -0.2) is 0 Å². The zero-order chi connectivity index (χ0) is 13.1. The average molecular weight is 247 g/mol. The Bertz CT molecular complexity index is 564. The summed E-state index contributed by atoms with van der Waals surface area (Å²) in [6.45, 7) is 3.91. The second kappa shape index (κ2) is 5.17. The average Bonchev–Trinajstić information content (AvgIpc) is 2.35. The fraction of sp³-hybridized carbons (Fsp3) is 0.200. The molecule has 18 heavy (non-hydrogen) atoms. The summed E-state index contributed by atoms with van der Waals surface area (Å²) in [7, 11) is 0. The summed E-state index contributed by atoms with van der Waals surface area (Å²) in [5.74, 6) is -0.458. The van der Waals surface area contributed by atoms with Gasteiger partial charge in [0.25, 0.3) is 0 Å². The molecule has 0 spiro atoms. The van der Waals surface area contributed by atoms with Gasteiger partial charge in [0.05, 0.1) is 0 Å². The van der Waals surface area contributed by atoms with Crippen LogP contribution in [0.3, 0.4) is 0 Å². The summed E-state index contributed by atoms with van der Waals surface area (Å²) in [6.07, 6.45) is 0. The molecule has 0 bridgehead atoms. The quantitative estimate of drug-likeness (QED) is 0.857. The van der Waals surface area contributed by atoms with Crippen molar-refractivity contribution in [3.63, 3.8) is 0 Å². The number of benzene rings is 2. The summed E-state index contributed by atoms with van der Waals surface area (Å²) in [5.41, 5.74) is 2.77. The van der Waals surface area contributed by atoms with E-state index >= 15 is 0 Å². The minimum Gasteiger partial charge on any atom is -0.381 e. The molecule has 2 aromatic rings. The van der Waals surface area contributed by atoms with Crippen molar-refractivity contribution < 1.29 is 8.78 Å². The molecule has 3 heteroatoms. The van der Waals surface area contributed by atoms with Gasteiger partial charge in [0.2, 0.25) is 0 Å². The van der Waals surface area contributed by atoms with E-state index in [1.807, 2.05) is 12.1 Å². The van der Waals surface area contributed by atoms with Crippen LogP contribution < -0.4 is 5.32 Å². The molecule has 0 amide bonds. The van der Waals surface area contributed by atoms with Crippen LogP contribution in [0.2, 0.25) is 0 Å². The zero-order valence-electron chi connectivity index (χ0n) is 10.4. The van der Waals surface area contributed by atoms with E-state index in [-0.39, 0.29) is 11.6 Å². The van der Waals surface area contributed by atoms with Gasteiger partial charge < -0.3 is 5.32 Å². The van der Waals surface area contributed by atoms with E-state index in [1.54, 1.807) is 26.0 Å². The molecule has 2 aromatic carbocycles. The van der Waals surface area contributed by atoms with Gasteiger partial charge in [-0.05, 0) is 43.2 Å². The predicted molar refractivity (Wildman–Crippen MR) is 69.6 cm³/mol. The number of nitrogens with one attached hydrogen (secondary N) is 1.